The summed E-state index contributed by atoms with van der Waals surface area (Å²) in [4.78, 5) is 14.8. The predicted molar refractivity (Wildman–Crippen MR) is 83.0 cm³/mol. The van der Waals surface area contributed by atoms with Gasteiger partial charge in [-0.25, -0.2) is 0 Å². The minimum Gasteiger partial charge on any atom is -0.391 e. The molecule has 21 heavy (non-hydrogen) atoms. The maximum absolute atomic E-state index is 11.1. The van der Waals surface area contributed by atoms with E-state index in [1.54, 1.807) is 13.1 Å². The van der Waals surface area contributed by atoms with Gasteiger partial charge in [0.05, 0.1) is 11.0 Å². The number of non-ortho nitro benzene ring substituents is 1. The third-order valence-electron chi connectivity index (χ3n) is 3.70. The molecule has 2 rings (SSSR count). The summed E-state index contributed by atoms with van der Waals surface area (Å²) in [6.45, 7) is 1.30. The van der Waals surface area contributed by atoms with Crippen LogP contribution in [0.4, 0.5) is 17.1 Å². The Morgan fingerprint density at radius 1 is 1.48 bits per heavy atom. The van der Waals surface area contributed by atoms with Crippen LogP contribution >= 0.6 is 0 Å². The van der Waals surface area contributed by atoms with E-state index in [1.165, 1.54) is 6.07 Å². The molecule has 1 aliphatic rings. The van der Waals surface area contributed by atoms with Gasteiger partial charge in [-0.1, -0.05) is 0 Å². The van der Waals surface area contributed by atoms with Crippen molar-refractivity contribution in [3.63, 3.8) is 0 Å². The monoisotopic (exact) mass is 294 g/mol. The number of hydrogen-bond donors (Lipinski definition) is 2. The van der Waals surface area contributed by atoms with Crippen molar-refractivity contribution in [2.75, 3.05) is 44.4 Å². The highest BCUT2D eigenvalue weighted by Gasteiger charge is 2.32. The van der Waals surface area contributed by atoms with Crippen molar-refractivity contribution in [2.45, 2.75) is 18.6 Å². The Morgan fingerprint density at radius 2 is 2.19 bits per heavy atom. The lowest BCUT2D eigenvalue weighted by atomic mass is 10.1. The molecular formula is C14H22N4O3. The van der Waals surface area contributed by atoms with Crippen molar-refractivity contribution in [1.82, 2.24) is 4.90 Å². The van der Waals surface area contributed by atoms with Crippen LogP contribution in [0.15, 0.2) is 18.2 Å². The van der Waals surface area contributed by atoms with Gasteiger partial charge in [-0.3, -0.25) is 10.1 Å². The van der Waals surface area contributed by atoms with Gasteiger partial charge in [0, 0.05) is 49.7 Å². The second-order valence-corrected chi connectivity index (χ2v) is 5.70. The zero-order chi connectivity index (χ0) is 15.6. The number of nitrogens with zero attached hydrogens (tertiary/aromatic N) is 3. The van der Waals surface area contributed by atoms with Gasteiger partial charge in [-0.2, -0.15) is 0 Å². The molecule has 0 radical (unpaired) electrons. The number of aliphatic hydroxyl groups is 1. The van der Waals surface area contributed by atoms with Gasteiger partial charge in [0.25, 0.3) is 5.69 Å². The average Bonchev–Trinajstić information content (AvgIpc) is 2.78. The Kier molecular flexibility index (Phi) is 4.64. The molecule has 7 heteroatoms. The molecule has 1 fully saturated rings. The SMILES string of the molecule is CNc1cc(N2CC(O)CC2CN(C)C)cc([N+](=O)[O-])c1. The first kappa shape index (κ1) is 15.5. The smallest absolute Gasteiger partial charge is 0.273 e. The predicted octanol–water partition coefficient (Wildman–Crippen LogP) is 1.14. The van der Waals surface area contributed by atoms with Crippen molar-refractivity contribution in [3.05, 3.63) is 28.3 Å². The lowest BCUT2D eigenvalue weighted by molar-refractivity contribution is -0.384. The fourth-order valence-corrected chi connectivity index (χ4v) is 2.81. The summed E-state index contributed by atoms with van der Waals surface area (Å²) in [5, 5.41) is 23.9. The molecule has 0 aromatic heterocycles. The summed E-state index contributed by atoms with van der Waals surface area (Å²) in [7, 11) is 5.70. The summed E-state index contributed by atoms with van der Waals surface area (Å²) in [5.41, 5.74) is 1.53. The van der Waals surface area contributed by atoms with E-state index in [9.17, 15) is 15.2 Å². The van der Waals surface area contributed by atoms with Crippen molar-refractivity contribution < 1.29 is 10.0 Å². The molecular weight excluding hydrogens is 272 g/mol. The van der Waals surface area contributed by atoms with Crippen LogP contribution in [0.25, 0.3) is 0 Å². The van der Waals surface area contributed by atoms with Crippen molar-refractivity contribution in [3.8, 4) is 0 Å². The first-order chi connectivity index (χ1) is 9.90. The largest absolute Gasteiger partial charge is 0.391 e. The lowest BCUT2D eigenvalue weighted by Gasteiger charge is -2.28. The van der Waals surface area contributed by atoms with Gasteiger partial charge in [-0.15, -0.1) is 0 Å². The molecule has 2 N–H and O–H groups in total. The van der Waals surface area contributed by atoms with E-state index in [-0.39, 0.29) is 11.7 Å². The number of benzene rings is 1. The zero-order valence-electron chi connectivity index (χ0n) is 12.6. The third kappa shape index (κ3) is 3.62. The highest BCUT2D eigenvalue weighted by molar-refractivity contribution is 5.65. The fraction of sp³-hybridized carbons (Fsp3) is 0.571. The van der Waals surface area contributed by atoms with Crippen LogP contribution in [-0.2, 0) is 0 Å². The molecule has 0 spiro atoms. The highest BCUT2D eigenvalue weighted by atomic mass is 16.6. The molecule has 1 aromatic carbocycles. The van der Waals surface area contributed by atoms with E-state index in [0.717, 1.165) is 12.2 Å². The maximum Gasteiger partial charge on any atom is 0.273 e. The van der Waals surface area contributed by atoms with Gasteiger partial charge in [-0.05, 0) is 26.6 Å². The highest BCUT2D eigenvalue weighted by Crippen LogP contribution is 2.32. The van der Waals surface area contributed by atoms with Crippen LogP contribution in [0.1, 0.15) is 6.42 Å². The summed E-state index contributed by atoms with van der Waals surface area (Å²) in [6, 6.07) is 5.12. The molecule has 1 aromatic rings. The van der Waals surface area contributed by atoms with Crippen LogP contribution in [0, 0.1) is 10.1 Å². The molecule has 7 nitrogen and oxygen atoms in total. The first-order valence-electron chi connectivity index (χ1n) is 6.97. The quantitative estimate of drug-likeness (QED) is 0.626. The number of rotatable bonds is 5. The summed E-state index contributed by atoms with van der Waals surface area (Å²) in [6.07, 6.45) is 0.280. The number of nitro groups is 1. The molecule has 1 heterocycles. The second kappa shape index (κ2) is 6.28. The minimum absolute atomic E-state index is 0.0573. The third-order valence-corrected chi connectivity index (χ3v) is 3.70. The molecule has 2 atom stereocenters. The van der Waals surface area contributed by atoms with Crippen molar-refractivity contribution >= 4 is 17.1 Å². The maximum atomic E-state index is 11.1. The van der Waals surface area contributed by atoms with Gasteiger partial charge < -0.3 is 20.2 Å². The summed E-state index contributed by atoms with van der Waals surface area (Å²) >= 11 is 0. The van der Waals surface area contributed by atoms with E-state index in [0.29, 0.717) is 18.7 Å². The molecule has 0 amide bonds. The van der Waals surface area contributed by atoms with E-state index in [4.69, 9.17) is 0 Å². The van der Waals surface area contributed by atoms with E-state index in [2.05, 4.69) is 15.1 Å². The Hall–Kier alpha value is -1.86. The number of nitro benzene ring substituents is 1. The average molecular weight is 294 g/mol. The zero-order valence-corrected chi connectivity index (χ0v) is 12.6. The van der Waals surface area contributed by atoms with Crippen LogP contribution < -0.4 is 10.2 Å². The molecule has 0 saturated carbocycles. The molecule has 116 valence electrons. The number of nitrogens with one attached hydrogen (secondary N) is 1. The Labute approximate surface area is 124 Å². The number of anilines is 2. The van der Waals surface area contributed by atoms with E-state index < -0.39 is 11.0 Å². The Balaban J connectivity index is 2.34. The van der Waals surface area contributed by atoms with Gasteiger partial charge in [0.15, 0.2) is 0 Å². The number of β-amino-alcohol motifs (C(OH)–C–C–N with tert-alkyl or cyclic N) is 1. The number of aliphatic hydroxyl groups excluding tert-OH is 1. The molecule has 1 aliphatic heterocycles. The van der Waals surface area contributed by atoms with E-state index in [1.807, 2.05) is 20.2 Å². The van der Waals surface area contributed by atoms with Crippen LogP contribution in [0.5, 0.6) is 0 Å². The summed E-state index contributed by atoms with van der Waals surface area (Å²) in [5.74, 6) is 0. The molecule has 1 saturated heterocycles. The first-order valence-corrected chi connectivity index (χ1v) is 6.97. The standard InChI is InChI=1S/C14H22N4O3/c1-15-10-4-11(6-12(5-10)18(20)21)17-9-14(19)7-13(17)8-16(2)3/h4-6,13-15,19H,7-9H2,1-3H3. The van der Waals surface area contributed by atoms with Crippen LogP contribution in [0.2, 0.25) is 0 Å². The molecule has 0 aliphatic carbocycles. The van der Waals surface area contributed by atoms with Crippen LogP contribution in [-0.4, -0.2) is 61.3 Å². The fourth-order valence-electron chi connectivity index (χ4n) is 2.81. The molecule has 2 unspecified atom stereocenters. The normalized spacial score (nSPS) is 21.9. The van der Waals surface area contributed by atoms with Gasteiger partial charge >= 0.3 is 0 Å². The molecule has 0 bridgehead atoms. The Morgan fingerprint density at radius 3 is 2.76 bits per heavy atom. The van der Waals surface area contributed by atoms with Crippen LogP contribution in [0.3, 0.4) is 0 Å². The minimum atomic E-state index is -0.396. The van der Waals surface area contributed by atoms with Gasteiger partial charge in [0.2, 0.25) is 0 Å². The van der Waals surface area contributed by atoms with E-state index >= 15 is 0 Å². The van der Waals surface area contributed by atoms with Crippen molar-refractivity contribution in [2.24, 2.45) is 0 Å². The van der Waals surface area contributed by atoms with Gasteiger partial charge in [0.1, 0.15) is 0 Å². The Bertz CT molecular complexity index is 521. The number of likely N-dealkylation sites (N-methyl/N-ethyl adjacent to an activating group) is 1. The second-order valence-electron chi connectivity index (χ2n) is 5.70. The van der Waals surface area contributed by atoms with Crippen molar-refractivity contribution in [1.29, 1.82) is 0 Å². The summed E-state index contributed by atoms with van der Waals surface area (Å²) < 4.78 is 0. The topological polar surface area (TPSA) is 81.9 Å². The number of hydrogen-bond acceptors (Lipinski definition) is 6. The lowest BCUT2D eigenvalue weighted by Crippen LogP contribution is -2.37.